The van der Waals surface area contributed by atoms with Gasteiger partial charge < -0.3 is 18.9 Å². The van der Waals surface area contributed by atoms with Crippen LogP contribution in [0.2, 0.25) is 0 Å². The lowest BCUT2D eigenvalue weighted by atomic mass is 10.1. The number of benzene rings is 3. The van der Waals surface area contributed by atoms with Gasteiger partial charge in [0.15, 0.2) is 0 Å². The number of ether oxygens (including phenoxy) is 4. The molecule has 7 heteroatoms. The summed E-state index contributed by atoms with van der Waals surface area (Å²) in [6.45, 7) is 1.64. The zero-order valence-electron chi connectivity index (χ0n) is 18.1. The van der Waals surface area contributed by atoms with E-state index in [4.69, 9.17) is 18.9 Å². The molecule has 3 aromatic rings. The molecule has 0 N–H and O–H groups in total. The molecular formula is C26H25BrO6. The lowest BCUT2D eigenvalue weighted by molar-refractivity contribution is 0.0284. The van der Waals surface area contributed by atoms with Crippen LogP contribution in [-0.4, -0.2) is 38.4 Å². The maximum absolute atomic E-state index is 12.4. The van der Waals surface area contributed by atoms with Gasteiger partial charge in [-0.25, -0.2) is 9.59 Å². The lowest BCUT2D eigenvalue weighted by Gasteiger charge is -2.10. The standard InChI is InChI=1S/C26H25BrO6/c27-24-12-11-22(25(28)32-15-13-30-18-20-7-3-1-4-8-20)17-23(24)26(29)33-16-14-31-19-21-9-5-2-6-10-21/h1-12,17H,13-16,18-19H2. The van der Waals surface area contributed by atoms with Gasteiger partial charge in [0.05, 0.1) is 37.6 Å². The van der Waals surface area contributed by atoms with Gasteiger partial charge >= 0.3 is 11.9 Å². The Balaban J connectivity index is 1.39. The van der Waals surface area contributed by atoms with Crippen molar-refractivity contribution < 1.29 is 28.5 Å². The molecule has 0 heterocycles. The number of esters is 2. The van der Waals surface area contributed by atoms with Crippen LogP contribution >= 0.6 is 15.9 Å². The van der Waals surface area contributed by atoms with Crippen molar-refractivity contribution in [1.29, 1.82) is 0 Å². The summed E-state index contributed by atoms with van der Waals surface area (Å²) in [7, 11) is 0. The quantitative estimate of drug-likeness (QED) is 0.245. The first-order valence-corrected chi connectivity index (χ1v) is 11.3. The number of carbonyl (C=O) groups is 2. The fourth-order valence-electron chi connectivity index (χ4n) is 2.88. The summed E-state index contributed by atoms with van der Waals surface area (Å²) >= 11 is 3.32. The third kappa shape index (κ3) is 8.46. The SMILES string of the molecule is O=C(OCCOCc1ccccc1)c1ccc(Br)c(C(=O)OCCOCc2ccccc2)c1. The largest absolute Gasteiger partial charge is 0.460 e. The van der Waals surface area contributed by atoms with Gasteiger partial charge in [-0.05, 0) is 45.3 Å². The Hall–Kier alpha value is -3.00. The topological polar surface area (TPSA) is 71.1 Å². The normalized spacial score (nSPS) is 10.6. The lowest BCUT2D eigenvalue weighted by Crippen LogP contribution is -2.14. The first kappa shape index (κ1) is 24.6. The van der Waals surface area contributed by atoms with Gasteiger partial charge in [-0.3, -0.25) is 0 Å². The molecular weight excluding hydrogens is 488 g/mol. The second-order valence-corrected chi connectivity index (χ2v) is 7.90. The van der Waals surface area contributed by atoms with Crippen LogP contribution in [0.3, 0.4) is 0 Å². The molecule has 0 aromatic heterocycles. The van der Waals surface area contributed by atoms with E-state index in [-0.39, 0.29) is 37.6 Å². The van der Waals surface area contributed by atoms with Gasteiger partial charge in [0.25, 0.3) is 0 Å². The van der Waals surface area contributed by atoms with Crippen molar-refractivity contribution >= 4 is 27.9 Å². The summed E-state index contributed by atoms with van der Waals surface area (Å²) in [6.07, 6.45) is 0. The smallest absolute Gasteiger partial charge is 0.339 e. The van der Waals surface area contributed by atoms with Crippen molar-refractivity contribution in [2.75, 3.05) is 26.4 Å². The minimum atomic E-state index is -0.550. The Kier molecular flexibility index (Phi) is 10.1. The van der Waals surface area contributed by atoms with Crippen LogP contribution < -0.4 is 0 Å². The highest BCUT2D eigenvalue weighted by molar-refractivity contribution is 9.10. The number of carbonyl (C=O) groups excluding carboxylic acids is 2. The molecule has 6 nitrogen and oxygen atoms in total. The predicted octanol–water partition coefficient (Wildman–Crippen LogP) is 5.20. The van der Waals surface area contributed by atoms with Crippen LogP contribution in [0.15, 0.2) is 83.3 Å². The second-order valence-electron chi connectivity index (χ2n) is 7.04. The summed E-state index contributed by atoms with van der Waals surface area (Å²) < 4.78 is 22.1. The summed E-state index contributed by atoms with van der Waals surface area (Å²) in [5, 5.41) is 0. The van der Waals surface area contributed by atoms with Crippen molar-refractivity contribution in [2.24, 2.45) is 0 Å². The molecule has 172 valence electrons. The first-order valence-electron chi connectivity index (χ1n) is 10.5. The molecule has 0 amide bonds. The van der Waals surface area contributed by atoms with Crippen LogP contribution in [0.5, 0.6) is 0 Å². The third-order valence-electron chi connectivity index (χ3n) is 4.57. The average Bonchev–Trinajstić information content (AvgIpc) is 2.85. The van der Waals surface area contributed by atoms with Crippen LogP contribution in [0.4, 0.5) is 0 Å². The van der Waals surface area contributed by atoms with Gasteiger partial charge in [0.2, 0.25) is 0 Å². The zero-order chi connectivity index (χ0) is 23.3. The van der Waals surface area contributed by atoms with E-state index in [9.17, 15) is 9.59 Å². The second kappa shape index (κ2) is 13.5. The Morgan fingerprint density at radius 1 is 0.636 bits per heavy atom. The maximum Gasteiger partial charge on any atom is 0.339 e. The molecule has 0 aliphatic carbocycles. The molecule has 3 aromatic carbocycles. The van der Waals surface area contributed by atoms with Gasteiger partial charge in [0.1, 0.15) is 13.2 Å². The minimum absolute atomic E-state index is 0.103. The van der Waals surface area contributed by atoms with Crippen molar-refractivity contribution in [3.05, 3.63) is 106 Å². The minimum Gasteiger partial charge on any atom is -0.460 e. The van der Waals surface area contributed by atoms with Crippen LogP contribution in [0.1, 0.15) is 31.8 Å². The molecule has 0 spiro atoms. The van der Waals surface area contributed by atoms with Crippen LogP contribution in [-0.2, 0) is 32.2 Å². The highest BCUT2D eigenvalue weighted by atomic mass is 79.9. The molecule has 33 heavy (non-hydrogen) atoms. The zero-order valence-corrected chi connectivity index (χ0v) is 19.7. The predicted molar refractivity (Wildman–Crippen MR) is 127 cm³/mol. The summed E-state index contributed by atoms with van der Waals surface area (Å²) in [4.78, 5) is 24.8. The van der Waals surface area contributed by atoms with E-state index < -0.39 is 11.9 Å². The first-order chi connectivity index (χ1) is 16.1. The van der Waals surface area contributed by atoms with E-state index in [1.54, 1.807) is 12.1 Å². The summed E-state index contributed by atoms with van der Waals surface area (Å²) in [5.74, 6) is -1.09. The molecule has 0 radical (unpaired) electrons. The monoisotopic (exact) mass is 512 g/mol. The van der Waals surface area contributed by atoms with Crippen molar-refractivity contribution in [3.8, 4) is 0 Å². The number of hydrogen-bond acceptors (Lipinski definition) is 6. The van der Waals surface area contributed by atoms with E-state index in [0.717, 1.165) is 11.1 Å². The van der Waals surface area contributed by atoms with Crippen molar-refractivity contribution in [3.63, 3.8) is 0 Å². The Bertz CT molecular complexity index is 1020. The average molecular weight is 513 g/mol. The van der Waals surface area contributed by atoms with E-state index in [0.29, 0.717) is 17.7 Å². The van der Waals surface area contributed by atoms with Crippen molar-refractivity contribution in [2.45, 2.75) is 13.2 Å². The fraction of sp³-hybridized carbons (Fsp3) is 0.231. The van der Waals surface area contributed by atoms with Gasteiger partial charge in [-0.15, -0.1) is 0 Å². The molecule has 0 aliphatic rings. The van der Waals surface area contributed by atoms with Crippen molar-refractivity contribution in [1.82, 2.24) is 0 Å². The Labute approximate surface area is 201 Å². The highest BCUT2D eigenvalue weighted by Gasteiger charge is 2.16. The molecule has 0 bridgehead atoms. The van der Waals surface area contributed by atoms with E-state index >= 15 is 0 Å². The van der Waals surface area contributed by atoms with Gasteiger partial charge in [0, 0.05) is 4.47 Å². The highest BCUT2D eigenvalue weighted by Crippen LogP contribution is 2.20. The molecule has 0 unspecified atom stereocenters. The number of rotatable bonds is 12. The molecule has 0 aliphatic heterocycles. The summed E-state index contributed by atoms with van der Waals surface area (Å²) in [6, 6.07) is 24.1. The maximum atomic E-state index is 12.4. The number of halogens is 1. The number of hydrogen-bond donors (Lipinski definition) is 0. The molecule has 0 atom stereocenters. The van der Waals surface area contributed by atoms with Crippen LogP contribution in [0, 0.1) is 0 Å². The fourth-order valence-corrected chi connectivity index (χ4v) is 3.29. The van der Waals surface area contributed by atoms with Gasteiger partial charge in [-0.2, -0.15) is 0 Å². The Morgan fingerprint density at radius 2 is 1.15 bits per heavy atom. The molecule has 0 saturated carbocycles. The van der Waals surface area contributed by atoms with E-state index in [1.807, 2.05) is 60.7 Å². The summed E-state index contributed by atoms with van der Waals surface area (Å²) in [5.41, 5.74) is 2.59. The van der Waals surface area contributed by atoms with E-state index in [2.05, 4.69) is 15.9 Å². The van der Waals surface area contributed by atoms with Gasteiger partial charge in [-0.1, -0.05) is 60.7 Å². The molecule has 0 saturated heterocycles. The van der Waals surface area contributed by atoms with Crippen LogP contribution in [0.25, 0.3) is 0 Å². The molecule has 0 fully saturated rings. The Morgan fingerprint density at radius 3 is 1.70 bits per heavy atom. The van der Waals surface area contributed by atoms with E-state index in [1.165, 1.54) is 6.07 Å². The molecule has 3 rings (SSSR count). The third-order valence-corrected chi connectivity index (χ3v) is 5.26.